The van der Waals surface area contributed by atoms with E-state index in [2.05, 4.69) is 10.2 Å². The summed E-state index contributed by atoms with van der Waals surface area (Å²) in [5, 5.41) is 12.4. The van der Waals surface area contributed by atoms with Crippen molar-refractivity contribution < 1.29 is 14.6 Å². The Labute approximate surface area is 125 Å². The molecule has 2 atom stereocenters. The quantitative estimate of drug-likeness (QED) is 0.840. The fourth-order valence-electron chi connectivity index (χ4n) is 2.85. The first-order valence-electron chi connectivity index (χ1n) is 7.44. The van der Waals surface area contributed by atoms with Crippen molar-refractivity contribution in [3.63, 3.8) is 0 Å². The molecule has 0 saturated carbocycles. The second kappa shape index (κ2) is 7.43. The Morgan fingerprint density at radius 1 is 1.57 bits per heavy atom. The highest BCUT2D eigenvalue weighted by atomic mass is 16.5. The van der Waals surface area contributed by atoms with Crippen LogP contribution in [-0.4, -0.2) is 48.3 Å². The summed E-state index contributed by atoms with van der Waals surface area (Å²) in [7, 11) is 1.60. The lowest BCUT2D eigenvalue weighted by atomic mass is 10.1. The molecule has 1 aliphatic rings. The van der Waals surface area contributed by atoms with Crippen LogP contribution in [0.2, 0.25) is 0 Å². The zero-order chi connectivity index (χ0) is 15.2. The number of nitrogens with zero attached hydrogens (tertiary/aromatic N) is 1. The molecule has 0 radical (unpaired) electrons. The minimum absolute atomic E-state index is 0.0271. The highest BCUT2D eigenvalue weighted by Crippen LogP contribution is 2.21. The molecule has 0 spiro atoms. The summed E-state index contributed by atoms with van der Waals surface area (Å²) in [6.07, 6.45) is 2.55. The molecule has 2 unspecified atom stereocenters. The fraction of sp³-hybridized carbons (Fsp3) is 0.562. The summed E-state index contributed by atoms with van der Waals surface area (Å²) in [6, 6.07) is 7.64. The van der Waals surface area contributed by atoms with E-state index in [0.717, 1.165) is 37.2 Å². The number of carbonyl (C=O) groups is 1. The van der Waals surface area contributed by atoms with Crippen LogP contribution in [0.5, 0.6) is 5.75 Å². The Balaban J connectivity index is 1.88. The van der Waals surface area contributed by atoms with E-state index in [4.69, 9.17) is 4.74 Å². The van der Waals surface area contributed by atoms with Gasteiger partial charge in [-0.1, -0.05) is 6.07 Å². The maximum Gasteiger partial charge on any atom is 0.238 e. The molecule has 2 rings (SSSR count). The van der Waals surface area contributed by atoms with Crippen molar-refractivity contribution in [1.82, 2.24) is 4.90 Å². The van der Waals surface area contributed by atoms with Gasteiger partial charge in [0.2, 0.25) is 5.91 Å². The molecule has 1 aliphatic heterocycles. The second-order valence-electron chi connectivity index (χ2n) is 5.63. The van der Waals surface area contributed by atoms with Gasteiger partial charge in [-0.05, 0) is 44.9 Å². The number of benzene rings is 1. The van der Waals surface area contributed by atoms with E-state index >= 15 is 0 Å². The van der Waals surface area contributed by atoms with Crippen LogP contribution in [0.25, 0.3) is 0 Å². The standard InChI is InChI=1S/C16H24N2O3/c1-12(19)9-14-6-4-8-18(14)11-16(20)17-13-5-3-7-15(10-13)21-2/h3,5,7,10,12,14,19H,4,6,8-9,11H2,1-2H3,(H,17,20). The smallest absolute Gasteiger partial charge is 0.238 e. The maximum absolute atomic E-state index is 12.1. The van der Waals surface area contributed by atoms with Gasteiger partial charge in [0.15, 0.2) is 0 Å². The molecule has 1 amide bonds. The molecule has 1 heterocycles. The van der Waals surface area contributed by atoms with E-state index in [1.54, 1.807) is 20.1 Å². The highest BCUT2D eigenvalue weighted by molar-refractivity contribution is 5.92. The summed E-state index contributed by atoms with van der Waals surface area (Å²) in [5.74, 6) is 0.696. The van der Waals surface area contributed by atoms with Gasteiger partial charge in [-0.3, -0.25) is 9.69 Å². The Morgan fingerprint density at radius 3 is 3.10 bits per heavy atom. The third-order valence-corrected chi connectivity index (χ3v) is 3.81. The Bertz CT molecular complexity index is 476. The van der Waals surface area contributed by atoms with Crippen LogP contribution in [0.4, 0.5) is 5.69 Å². The largest absolute Gasteiger partial charge is 0.497 e. The number of anilines is 1. The monoisotopic (exact) mass is 292 g/mol. The lowest BCUT2D eigenvalue weighted by molar-refractivity contribution is -0.117. The number of hydrogen-bond acceptors (Lipinski definition) is 4. The van der Waals surface area contributed by atoms with Crippen LogP contribution in [0.15, 0.2) is 24.3 Å². The number of carbonyl (C=O) groups excluding carboxylic acids is 1. The van der Waals surface area contributed by atoms with Crippen molar-refractivity contribution in [2.45, 2.75) is 38.3 Å². The first kappa shape index (κ1) is 15.8. The molecule has 0 aliphatic carbocycles. The van der Waals surface area contributed by atoms with Gasteiger partial charge >= 0.3 is 0 Å². The maximum atomic E-state index is 12.1. The molecule has 1 aromatic carbocycles. The third-order valence-electron chi connectivity index (χ3n) is 3.81. The van der Waals surface area contributed by atoms with E-state index in [9.17, 15) is 9.90 Å². The zero-order valence-electron chi connectivity index (χ0n) is 12.7. The van der Waals surface area contributed by atoms with E-state index in [1.165, 1.54) is 0 Å². The Morgan fingerprint density at radius 2 is 2.38 bits per heavy atom. The number of aliphatic hydroxyl groups is 1. The molecule has 5 heteroatoms. The number of rotatable bonds is 6. The molecule has 1 aromatic rings. The molecule has 0 bridgehead atoms. The second-order valence-corrected chi connectivity index (χ2v) is 5.63. The molecule has 1 fully saturated rings. The van der Waals surface area contributed by atoms with Crippen LogP contribution in [0.3, 0.4) is 0 Å². The molecule has 2 N–H and O–H groups in total. The topological polar surface area (TPSA) is 61.8 Å². The average molecular weight is 292 g/mol. The Kier molecular flexibility index (Phi) is 5.59. The van der Waals surface area contributed by atoms with Gasteiger partial charge in [-0.25, -0.2) is 0 Å². The summed E-state index contributed by atoms with van der Waals surface area (Å²) in [5.41, 5.74) is 0.741. The molecule has 1 saturated heterocycles. The van der Waals surface area contributed by atoms with Crippen molar-refractivity contribution in [1.29, 1.82) is 0 Å². The van der Waals surface area contributed by atoms with E-state index in [1.807, 2.05) is 18.2 Å². The third kappa shape index (κ3) is 4.72. The number of nitrogens with one attached hydrogen (secondary N) is 1. The molecule has 5 nitrogen and oxygen atoms in total. The van der Waals surface area contributed by atoms with Crippen molar-refractivity contribution in [3.05, 3.63) is 24.3 Å². The lowest BCUT2D eigenvalue weighted by Crippen LogP contribution is -2.38. The summed E-state index contributed by atoms with van der Waals surface area (Å²) in [6.45, 7) is 3.09. The minimum atomic E-state index is -0.322. The first-order chi connectivity index (χ1) is 10.1. The SMILES string of the molecule is COc1cccc(NC(=O)CN2CCCC2CC(C)O)c1. The summed E-state index contributed by atoms with van der Waals surface area (Å²) in [4.78, 5) is 14.3. The van der Waals surface area contributed by atoms with Crippen LogP contribution in [0.1, 0.15) is 26.2 Å². The number of methoxy groups -OCH3 is 1. The van der Waals surface area contributed by atoms with Crippen molar-refractivity contribution in [3.8, 4) is 5.75 Å². The van der Waals surface area contributed by atoms with Crippen LogP contribution in [0, 0.1) is 0 Å². The van der Waals surface area contributed by atoms with Gasteiger partial charge in [0, 0.05) is 17.8 Å². The number of ether oxygens (including phenoxy) is 1. The molecule has 0 aromatic heterocycles. The first-order valence-corrected chi connectivity index (χ1v) is 7.44. The van der Waals surface area contributed by atoms with Crippen LogP contribution < -0.4 is 10.1 Å². The minimum Gasteiger partial charge on any atom is -0.497 e. The number of likely N-dealkylation sites (tertiary alicyclic amines) is 1. The highest BCUT2D eigenvalue weighted by Gasteiger charge is 2.27. The van der Waals surface area contributed by atoms with Gasteiger partial charge in [0.05, 0.1) is 19.8 Å². The predicted molar refractivity (Wildman–Crippen MR) is 82.5 cm³/mol. The normalized spacial score (nSPS) is 20.2. The lowest BCUT2D eigenvalue weighted by Gasteiger charge is -2.24. The summed E-state index contributed by atoms with van der Waals surface area (Å²) < 4.78 is 5.14. The summed E-state index contributed by atoms with van der Waals surface area (Å²) >= 11 is 0. The molecule has 21 heavy (non-hydrogen) atoms. The van der Waals surface area contributed by atoms with Gasteiger partial charge in [-0.2, -0.15) is 0 Å². The van der Waals surface area contributed by atoms with Gasteiger partial charge < -0.3 is 15.2 Å². The van der Waals surface area contributed by atoms with Crippen LogP contribution >= 0.6 is 0 Å². The van der Waals surface area contributed by atoms with Crippen molar-refractivity contribution in [2.75, 3.05) is 25.5 Å². The number of aliphatic hydroxyl groups excluding tert-OH is 1. The van der Waals surface area contributed by atoms with Crippen molar-refractivity contribution in [2.24, 2.45) is 0 Å². The van der Waals surface area contributed by atoms with Crippen LogP contribution in [-0.2, 0) is 4.79 Å². The van der Waals surface area contributed by atoms with Gasteiger partial charge in [-0.15, -0.1) is 0 Å². The van der Waals surface area contributed by atoms with E-state index in [-0.39, 0.29) is 12.0 Å². The zero-order valence-corrected chi connectivity index (χ0v) is 12.7. The molecular weight excluding hydrogens is 268 g/mol. The number of amides is 1. The Hall–Kier alpha value is -1.59. The average Bonchev–Trinajstić information content (AvgIpc) is 2.85. The fourth-order valence-corrected chi connectivity index (χ4v) is 2.85. The molecular formula is C16H24N2O3. The van der Waals surface area contributed by atoms with Gasteiger partial charge in [0.1, 0.15) is 5.75 Å². The van der Waals surface area contributed by atoms with E-state index in [0.29, 0.717) is 12.6 Å². The molecule has 116 valence electrons. The van der Waals surface area contributed by atoms with E-state index < -0.39 is 0 Å². The van der Waals surface area contributed by atoms with Crippen molar-refractivity contribution >= 4 is 11.6 Å². The number of hydrogen-bond donors (Lipinski definition) is 2. The van der Waals surface area contributed by atoms with Gasteiger partial charge in [0.25, 0.3) is 0 Å². The predicted octanol–water partition coefficient (Wildman–Crippen LogP) is 1.87.